The van der Waals surface area contributed by atoms with Crippen molar-refractivity contribution in [3.05, 3.63) is 35.9 Å². The second-order valence-corrected chi connectivity index (χ2v) is 4.82. The largest absolute Gasteiger partial charge is 0.392 e. The molecule has 2 atom stereocenters. The molecule has 1 heterocycles. The average molecular weight is 247 g/mol. The third-order valence-corrected chi connectivity index (χ3v) is 3.19. The molecule has 3 heteroatoms. The maximum Gasteiger partial charge on any atom is 0.135 e. The van der Waals surface area contributed by atoms with Gasteiger partial charge in [-0.15, -0.1) is 0 Å². The van der Waals surface area contributed by atoms with Crippen molar-refractivity contribution < 1.29 is 9.57 Å². The van der Waals surface area contributed by atoms with Crippen LogP contribution >= 0.6 is 0 Å². The summed E-state index contributed by atoms with van der Waals surface area (Å²) in [6.07, 6.45) is 3.31. The van der Waals surface area contributed by atoms with Gasteiger partial charge in [-0.2, -0.15) is 0 Å². The molecule has 18 heavy (non-hydrogen) atoms. The van der Waals surface area contributed by atoms with Gasteiger partial charge in [-0.05, 0) is 18.9 Å². The maximum atomic E-state index is 5.94. The fraction of sp³-hybridized carbons (Fsp3) is 0.533. The van der Waals surface area contributed by atoms with E-state index in [-0.39, 0.29) is 12.2 Å². The molecule has 0 radical (unpaired) electrons. The van der Waals surface area contributed by atoms with Crippen molar-refractivity contribution in [3.63, 3.8) is 0 Å². The smallest absolute Gasteiger partial charge is 0.135 e. The summed E-state index contributed by atoms with van der Waals surface area (Å²) < 4.78 is 5.94. The molecule has 0 amide bonds. The van der Waals surface area contributed by atoms with Gasteiger partial charge in [-0.3, -0.25) is 0 Å². The van der Waals surface area contributed by atoms with E-state index in [2.05, 4.69) is 24.2 Å². The Morgan fingerprint density at radius 1 is 1.39 bits per heavy atom. The summed E-state index contributed by atoms with van der Waals surface area (Å²) in [5, 5.41) is 3.98. The van der Waals surface area contributed by atoms with E-state index in [1.165, 1.54) is 5.56 Å². The average Bonchev–Trinajstić information content (AvgIpc) is 2.81. The predicted molar refractivity (Wildman–Crippen MR) is 72.5 cm³/mol. The van der Waals surface area contributed by atoms with Gasteiger partial charge in [-0.25, -0.2) is 0 Å². The van der Waals surface area contributed by atoms with Gasteiger partial charge in [0.1, 0.15) is 6.10 Å². The Hall–Kier alpha value is -1.35. The molecule has 98 valence electrons. The number of oxime groups is 1. The van der Waals surface area contributed by atoms with E-state index in [0.29, 0.717) is 6.61 Å². The highest BCUT2D eigenvalue weighted by molar-refractivity contribution is 5.82. The third-order valence-electron chi connectivity index (χ3n) is 3.19. The molecule has 1 aliphatic heterocycles. The normalized spacial score (nSPS) is 20.3. The Balaban J connectivity index is 1.76. The summed E-state index contributed by atoms with van der Waals surface area (Å²) >= 11 is 0. The zero-order valence-electron chi connectivity index (χ0n) is 11.1. The number of hydrogen-bond donors (Lipinski definition) is 0. The summed E-state index contributed by atoms with van der Waals surface area (Å²) in [4.78, 5) is 5.36. The Morgan fingerprint density at radius 2 is 2.17 bits per heavy atom. The minimum absolute atomic E-state index is 0.200. The first-order valence-corrected chi connectivity index (χ1v) is 6.62. The minimum Gasteiger partial charge on any atom is -0.392 e. The fourth-order valence-electron chi connectivity index (χ4n) is 2.13. The van der Waals surface area contributed by atoms with Gasteiger partial charge in [-0.1, -0.05) is 42.4 Å². The van der Waals surface area contributed by atoms with Crippen molar-refractivity contribution >= 4 is 5.71 Å². The van der Waals surface area contributed by atoms with Crippen LogP contribution in [-0.4, -0.2) is 17.9 Å². The number of hydrogen-bond acceptors (Lipinski definition) is 3. The van der Waals surface area contributed by atoms with Crippen LogP contribution in [0.2, 0.25) is 0 Å². The van der Waals surface area contributed by atoms with Gasteiger partial charge >= 0.3 is 0 Å². The van der Waals surface area contributed by atoms with Gasteiger partial charge in [0.25, 0.3) is 0 Å². The number of ether oxygens (including phenoxy) is 1. The van der Waals surface area contributed by atoms with Gasteiger partial charge in [0.05, 0.1) is 18.4 Å². The first-order chi connectivity index (χ1) is 8.78. The van der Waals surface area contributed by atoms with E-state index in [0.717, 1.165) is 25.0 Å². The molecule has 1 aliphatic rings. The molecule has 0 aliphatic carbocycles. The van der Waals surface area contributed by atoms with Crippen LogP contribution in [0.1, 0.15) is 38.7 Å². The van der Waals surface area contributed by atoms with Crippen molar-refractivity contribution in [1.29, 1.82) is 0 Å². The molecule has 0 saturated carbocycles. The number of benzene rings is 1. The second kappa shape index (κ2) is 6.55. The Bertz CT molecular complexity index is 389. The quantitative estimate of drug-likeness (QED) is 0.770. The maximum absolute atomic E-state index is 5.94. The zero-order chi connectivity index (χ0) is 12.8. The molecule has 0 aromatic heterocycles. The molecule has 1 aromatic rings. The van der Waals surface area contributed by atoms with Gasteiger partial charge in [0.2, 0.25) is 0 Å². The van der Waals surface area contributed by atoms with Crippen molar-refractivity contribution in [1.82, 2.24) is 0 Å². The van der Waals surface area contributed by atoms with Crippen molar-refractivity contribution in [2.24, 2.45) is 5.16 Å². The lowest BCUT2D eigenvalue weighted by molar-refractivity contribution is -0.0133. The summed E-state index contributed by atoms with van der Waals surface area (Å²) in [6, 6.07) is 10.3. The van der Waals surface area contributed by atoms with Gasteiger partial charge in [0, 0.05) is 12.8 Å². The molecule has 2 rings (SSSR count). The SMILES string of the molecule is CCC(CC1CC(C)=NO1)OCc1ccccc1. The predicted octanol–water partition coefficient (Wildman–Crippen LogP) is 3.54. The molecule has 3 nitrogen and oxygen atoms in total. The summed E-state index contributed by atoms with van der Waals surface area (Å²) in [5.41, 5.74) is 2.30. The first-order valence-electron chi connectivity index (χ1n) is 6.62. The van der Waals surface area contributed by atoms with Gasteiger partial charge in [0.15, 0.2) is 0 Å². The highest BCUT2D eigenvalue weighted by atomic mass is 16.6. The van der Waals surface area contributed by atoms with Crippen molar-refractivity contribution in [2.75, 3.05) is 0 Å². The van der Waals surface area contributed by atoms with Crippen LogP contribution in [0, 0.1) is 0 Å². The van der Waals surface area contributed by atoms with Crippen molar-refractivity contribution in [2.45, 2.75) is 51.9 Å². The summed E-state index contributed by atoms with van der Waals surface area (Å²) in [6.45, 7) is 4.83. The summed E-state index contributed by atoms with van der Waals surface area (Å²) in [7, 11) is 0. The number of rotatable bonds is 6. The number of nitrogens with zero attached hydrogens (tertiary/aromatic N) is 1. The van der Waals surface area contributed by atoms with Gasteiger partial charge < -0.3 is 9.57 Å². The van der Waals surface area contributed by atoms with Crippen LogP contribution in [0.15, 0.2) is 35.5 Å². The standard InChI is InChI=1S/C15H21NO2/c1-3-14(10-15-9-12(2)16-18-15)17-11-13-7-5-4-6-8-13/h4-8,14-15H,3,9-11H2,1-2H3. The Kier molecular flexibility index (Phi) is 4.76. The van der Waals surface area contributed by atoms with Crippen molar-refractivity contribution in [3.8, 4) is 0 Å². The molecule has 1 aromatic carbocycles. The molecular weight excluding hydrogens is 226 g/mol. The van der Waals surface area contributed by atoms with E-state index >= 15 is 0 Å². The lowest BCUT2D eigenvalue weighted by Gasteiger charge is -2.18. The lowest BCUT2D eigenvalue weighted by Crippen LogP contribution is -2.20. The molecule has 0 saturated heterocycles. The highest BCUT2D eigenvalue weighted by Crippen LogP contribution is 2.19. The zero-order valence-corrected chi connectivity index (χ0v) is 11.1. The van der Waals surface area contributed by atoms with Crippen LogP contribution in [0.3, 0.4) is 0 Å². The highest BCUT2D eigenvalue weighted by Gasteiger charge is 2.22. The lowest BCUT2D eigenvalue weighted by atomic mass is 10.1. The van der Waals surface area contributed by atoms with E-state index < -0.39 is 0 Å². The molecule has 0 spiro atoms. The first kappa shape index (κ1) is 13.1. The second-order valence-electron chi connectivity index (χ2n) is 4.82. The van der Waals surface area contributed by atoms with Crippen LogP contribution in [0.5, 0.6) is 0 Å². The van der Waals surface area contributed by atoms with E-state index in [1.54, 1.807) is 0 Å². The Labute approximate surface area is 109 Å². The van der Waals surface area contributed by atoms with E-state index in [1.807, 2.05) is 25.1 Å². The summed E-state index contributed by atoms with van der Waals surface area (Å²) in [5.74, 6) is 0. The molecule has 0 fully saturated rings. The minimum atomic E-state index is 0.200. The molecule has 0 bridgehead atoms. The molecule has 2 unspecified atom stereocenters. The fourth-order valence-corrected chi connectivity index (χ4v) is 2.13. The molecule has 0 N–H and O–H groups in total. The monoisotopic (exact) mass is 247 g/mol. The van der Waals surface area contributed by atoms with E-state index in [9.17, 15) is 0 Å². The van der Waals surface area contributed by atoms with Crippen LogP contribution < -0.4 is 0 Å². The van der Waals surface area contributed by atoms with Crippen LogP contribution in [0.4, 0.5) is 0 Å². The van der Waals surface area contributed by atoms with Crippen LogP contribution in [0.25, 0.3) is 0 Å². The molecular formula is C15H21NO2. The Morgan fingerprint density at radius 3 is 2.78 bits per heavy atom. The van der Waals surface area contributed by atoms with Crippen LogP contribution in [-0.2, 0) is 16.2 Å². The topological polar surface area (TPSA) is 30.8 Å². The van der Waals surface area contributed by atoms with E-state index in [4.69, 9.17) is 9.57 Å². The third kappa shape index (κ3) is 3.84.